The maximum atomic E-state index is 14.3. The molecule has 118 valence electrons. The van der Waals surface area contributed by atoms with Gasteiger partial charge >= 0.3 is 0 Å². The molecule has 0 radical (unpaired) electrons. The summed E-state index contributed by atoms with van der Waals surface area (Å²) in [7, 11) is 0. The van der Waals surface area contributed by atoms with Gasteiger partial charge in [-0.2, -0.15) is 5.26 Å². The Bertz CT molecular complexity index is 800. The number of halogens is 1. The van der Waals surface area contributed by atoms with Gasteiger partial charge < -0.3 is 14.1 Å². The lowest BCUT2D eigenvalue weighted by atomic mass is 9.81. The SMILES string of the molecule is Cc1nnc([C@@]23COC[C@@H]2CN(c2ccc(C#N)cc2F)C3)o1. The molecule has 2 aliphatic heterocycles. The van der Waals surface area contributed by atoms with Crippen molar-refractivity contribution in [1.82, 2.24) is 10.2 Å². The highest BCUT2D eigenvalue weighted by Gasteiger charge is 2.55. The zero-order valence-electron chi connectivity index (χ0n) is 12.6. The standard InChI is InChI=1S/C16H15FN4O2/c1-10-19-20-15(23-10)16-8-21(6-12(16)7-22-9-16)14-3-2-11(5-18)4-13(14)17/h2-4,12H,6-9H2,1H3/t12-,16-/m0/s1. The van der Waals surface area contributed by atoms with Crippen LogP contribution in [0.4, 0.5) is 10.1 Å². The molecule has 23 heavy (non-hydrogen) atoms. The molecule has 0 unspecified atom stereocenters. The first-order valence-corrected chi connectivity index (χ1v) is 7.45. The van der Waals surface area contributed by atoms with Crippen molar-refractivity contribution in [3.63, 3.8) is 0 Å². The fraction of sp³-hybridized carbons (Fsp3) is 0.438. The molecule has 7 heteroatoms. The van der Waals surface area contributed by atoms with Gasteiger partial charge in [-0.1, -0.05) is 0 Å². The van der Waals surface area contributed by atoms with Gasteiger partial charge in [0.25, 0.3) is 0 Å². The normalized spacial score (nSPS) is 26.3. The second kappa shape index (κ2) is 5.03. The molecule has 0 saturated carbocycles. The van der Waals surface area contributed by atoms with E-state index >= 15 is 0 Å². The molecule has 0 bridgehead atoms. The Kier molecular flexibility index (Phi) is 3.10. The zero-order chi connectivity index (χ0) is 16.0. The number of anilines is 1. The van der Waals surface area contributed by atoms with E-state index in [1.54, 1.807) is 19.1 Å². The molecule has 2 saturated heterocycles. The minimum Gasteiger partial charge on any atom is -0.425 e. The van der Waals surface area contributed by atoms with Gasteiger partial charge in [-0.25, -0.2) is 4.39 Å². The summed E-state index contributed by atoms with van der Waals surface area (Å²) in [6.07, 6.45) is 0. The third kappa shape index (κ3) is 2.10. The fourth-order valence-electron chi connectivity index (χ4n) is 3.55. The average molecular weight is 314 g/mol. The van der Waals surface area contributed by atoms with E-state index in [-0.39, 0.29) is 17.2 Å². The van der Waals surface area contributed by atoms with E-state index in [0.29, 0.717) is 49.3 Å². The lowest BCUT2D eigenvalue weighted by molar-refractivity contribution is 0.166. The maximum absolute atomic E-state index is 14.3. The molecule has 3 heterocycles. The van der Waals surface area contributed by atoms with Crippen LogP contribution in [0.25, 0.3) is 0 Å². The Hall–Kier alpha value is -2.46. The Morgan fingerprint density at radius 2 is 2.30 bits per heavy atom. The first kappa shape index (κ1) is 14.2. The molecule has 2 atom stereocenters. The summed E-state index contributed by atoms with van der Waals surface area (Å²) < 4.78 is 25.6. The van der Waals surface area contributed by atoms with E-state index in [9.17, 15) is 4.39 Å². The fourth-order valence-corrected chi connectivity index (χ4v) is 3.55. The molecule has 0 spiro atoms. The summed E-state index contributed by atoms with van der Waals surface area (Å²) in [5.41, 5.74) is 0.423. The second-order valence-electron chi connectivity index (χ2n) is 6.15. The van der Waals surface area contributed by atoms with Crippen molar-refractivity contribution in [1.29, 1.82) is 5.26 Å². The number of aryl methyl sites for hydroxylation is 1. The van der Waals surface area contributed by atoms with Gasteiger partial charge in [0.15, 0.2) is 0 Å². The molecule has 0 amide bonds. The lowest BCUT2D eigenvalue weighted by Crippen LogP contribution is -2.36. The number of rotatable bonds is 2. The van der Waals surface area contributed by atoms with Crippen molar-refractivity contribution in [2.75, 3.05) is 31.2 Å². The lowest BCUT2D eigenvalue weighted by Gasteiger charge is -2.24. The monoisotopic (exact) mass is 314 g/mol. The highest BCUT2D eigenvalue weighted by atomic mass is 19.1. The quantitative estimate of drug-likeness (QED) is 0.841. The Morgan fingerprint density at radius 3 is 3.00 bits per heavy atom. The average Bonchev–Trinajstić information content (AvgIpc) is 3.20. The van der Waals surface area contributed by atoms with Crippen LogP contribution in [0.3, 0.4) is 0 Å². The number of hydrogen-bond acceptors (Lipinski definition) is 6. The van der Waals surface area contributed by atoms with Crippen molar-refractivity contribution in [2.45, 2.75) is 12.3 Å². The van der Waals surface area contributed by atoms with Crippen molar-refractivity contribution in [3.05, 3.63) is 41.4 Å². The van der Waals surface area contributed by atoms with E-state index in [2.05, 4.69) is 10.2 Å². The van der Waals surface area contributed by atoms with Crippen LogP contribution in [0.1, 0.15) is 17.3 Å². The van der Waals surface area contributed by atoms with E-state index in [1.807, 2.05) is 11.0 Å². The summed E-state index contributed by atoms with van der Waals surface area (Å²) in [6, 6.07) is 6.50. The van der Waals surface area contributed by atoms with Crippen LogP contribution in [-0.4, -0.2) is 36.5 Å². The van der Waals surface area contributed by atoms with Gasteiger partial charge in [-0.15, -0.1) is 10.2 Å². The number of aromatic nitrogens is 2. The maximum Gasteiger partial charge on any atom is 0.227 e. The third-order valence-corrected chi connectivity index (χ3v) is 4.74. The predicted molar refractivity (Wildman–Crippen MR) is 78.4 cm³/mol. The first-order valence-electron chi connectivity index (χ1n) is 7.45. The van der Waals surface area contributed by atoms with Crippen LogP contribution in [0.2, 0.25) is 0 Å². The van der Waals surface area contributed by atoms with E-state index in [0.717, 1.165) is 0 Å². The Morgan fingerprint density at radius 1 is 1.43 bits per heavy atom. The minimum atomic E-state index is -0.387. The highest BCUT2D eigenvalue weighted by Crippen LogP contribution is 2.45. The van der Waals surface area contributed by atoms with Crippen LogP contribution in [0.5, 0.6) is 0 Å². The summed E-state index contributed by atoms with van der Waals surface area (Å²) in [5.74, 6) is 0.872. The minimum absolute atomic E-state index is 0.178. The summed E-state index contributed by atoms with van der Waals surface area (Å²) in [5, 5.41) is 17.0. The number of fused-ring (bicyclic) bond motifs is 1. The second-order valence-corrected chi connectivity index (χ2v) is 6.15. The molecule has 2 aromatic rings. The molecule has 0 aliphatic carbocycles. The van der Waals surface area contributed by atoms with Gasteiger partial charge in [0.1, 0.15) is 5.82 Å². The number of ether oxygens (including phenoxy) is 1. The highest BCUT2D eigenvalue weighted by molar-refractivity contribution is 5.53. The third-order valence-electron chi connectivity index (χ3n) is 4.74. The molecule has 2 aliphatic rings. The zero-order valence-corrected chi connectivity index (χ0v) is 12.6. The Labute approximate surface area is 132 Å². The van der Waals surface area contributed by atoms with Crippen LogP contribution in [0.15, 0.2) is 22.6 Å². The molecule has 1 aromatic heterocycles. The number of benzene rings is 1. The number of nitriles is 1. The van der Waals surface area contributed by atoms with Crippen LogP contribution in [-0.2, 0) is 10.2 Å². The van der Waals surface area contributed by atoms with Crippen molar-refractivity contribution in [2.24, 2.45) is 5.92 Å². The van der Waals surface area contributed by atoms with Crippen LogP contribution in [0, 0.1) is 30.0 Å². The molecular weight excluding hydrogens is 299 g/mol. The van der Waals surface area contributed by atoms with Gasteiger partial charge in [0, 0.05) is 25.9 Å². The summed E-state index contributed by atoms with van der Waals surface area (Å²) in [4.78, 5) is 1.98. The van der Waals surface area contributed by atoms with Gasteiger partial charge in [0.05, 0.1) is 35.9 Å². The van der Waals surface area contributed by atoms with Crippen molar-refractivity contribution < 1.29 is 13.5 Å². The van der Waals surface area contributed by atoms with Crippen molar-refractivity contribution >= 4 is 5.69 Å². The Balaban J connectivity index is 1.69. The molecular formula is C16H15FN4O2. The first-order chi connectivity index (χ1) is 11.1. The van der Waals surface area contributed by atoms with Gasteiger partial charge in [0.2, 0.25) is 11.8 Å². The summed E-state index contributed by atoms with van der Waals surface area (Å²) in [6.45, 7) is 4.06. The molecule has 4 rings (SSSR count). The molecule has 0 N–H and O–H groups in total. The molecule has 1 aromatic carbocycles. The van der Waals surface area contributed by atoms with Gasteiger partial charge in [-0.3, -0.25) is 0 Å². The smallest absolute Gasteiger partial charge is 0.227 e. The molecule has 2 fully saturated rings. The largest absolute Gasteiger partial charge is 0.425 e. The number of nitrogens with zero attached hydrogens (tertiary/aromatic N) is 4. The number of hydrogen-bond donors (Lipinski definition) is 0. The van der Waals surface area contributed by atoms with E-state index < -0.39 is 0 Å². The van der Waals surface area contributed by atoms with Crippen molar-refractivity contribution in [3.8, 4) is 6.07 Å². The molecule has 6 nitrogen and oxygen atoms in total. The van der Waals surface area contributed by atoms with Crippen LogP contribution >= 0.6 is 0 Å². The van der Waals surface area contributed by atoms with E-state index in [4.69, 9.17) is 14.4 Å². The topological polar surface area (TPSA) is 75.2 Å². The van der Waals surface area contributed by atoms with E-state index in [1.165, 1.54) is 6.07 Å². The predicted octanol–water partition coefficient (Wildman–Crippen LogP) is 1.79. The van der Waals surface area contributed by atoms with Crippen LogP contribution < -0.4 is 4.90 Å². The van der Waals surface area contributed by atoms with Gasteiger partial charge in [-0.05, 0) is 18.2 Å². The summed E-state index contributed by atoms with van der Waals surface area (Å²) >= 11 is 0.